The molecule has 0 aliphatic carbocycles. The summed E-state index contributed by atoms with van der Waals surface area (Å²) in [6, 6.07) is 14.5. The Morgan fingerprint density at radius 2 is 1.79 bits per heavy atom. The number of rotatable bonds is 9. The highest BCUT2D eigenvalue weighted by Gasteiger charge is 2.23. The first-order chi connectivity index (χ1) is 11.5. The SMILES string of the molecule is CC(CCCc1ccc2ccccc2c1)O[C@H](CC(=O)O)C(=O)O. The van der Waals surface area contributed by atoms with Crippen LogP contribution in [0.4, 0.5) is 0 Å². The number of carboxylic acid groups (broad SMARTS) is 2. The van der Waals surface area contributed by atoms with Crippen molar-refractivity contribution in [1.82, 2.24) is 0 Å². The standard InChI is InChI=1S/C19H22O5/c1-13(24-17(19(22)23)12-18(20)21)5-4-6-14-9-10-15-7-2-3-8-16(15)11-14/h2-3,7-11,13,17H,4-6,12H2,1H3,(H,20,21)(H,22,23)/t13?,17-/m1/s1. The molecule has 0 aromatic heterocycles. The number of aliphatic carboxylic acids is 2. The first-order valence-corrected chi connectivity index (χ1v) is 8.03. The van der Waals surface area contributed by atoms with Gasteiger partial charge in [0, 0.05) is 0 Å². The predicted octanol–water partition coefficient (Wildman–Crippen LogP) is 3.50. The number of aryl methyl sites for hydroxylation is 1. The fourth-order valence-electron chi connectivity index (χ4n) is 2.69. The van der Waals surface area contributed by atoms with Crippen LogP contribution in [0.2, 0.25) is 0 Å². The molecule has 0 radical (unpaired) electrons. The molecule has 0 aliphatic rings. The third kappa shape index (κ3) is 5.35. The van der Waals surface area contributed by atoms with Crippen molar-refractivity contribution in [3.05, 3.63) is 48.0 Å². The molecule has 0 heterocycles. The number of fused-ring (bicyclic) bond motifs is 1. The van der Waals surface area contributed by atoms with Gasteiger partial charge in [-0.15, -0.1) is 0 Å². The molecule has 0 amide bonds. The molecule has 24 heavy (non-hydrogen) atoms. The molecule has 0 saturated heterocycles. The van der Waals surface area contributed by atoms with Crippen LogP contribution in [0.3, 0.4) is 0 Å². The van der Waals surface area contributed by atoms with Crippen molar-refractivity contribution in [2.75, 3.05) is 0 Å². The van der Waals surface area contributed by atoms with Crippen LogP contribution in [-0.2, 0) is 20.7 Å². The lowest BCUT2D eigenvalue weighted by Crippen LogP contribution is -2.30. The quantitative estimate of drug-likeness (QED) is 0.735. The Hall–Kier alpha value is -2.40. The predicted molar refractivity (Wildman–Crippen MR) is 91.1 cm³/mol. The third-order valence-electron chi connectivity index (χ3n) is 3.92. The first kappa shape index (κ1) is 17.9. The van der Waals surface area contributed by atoms with Gasteiger partial charge in [0.15, 0.2) is 6.10 Å². The summed E-state index contributed by atoms with van der Waals surface area (Å²) in [6.07, 6.45) is 0.276. The molecule has 1 unspecified atom stereocenters. The highest BCUT2D eigenvalue weighted by atomic mass is 16.5. The van der Waals surface area contributed by atoms with E-state index in [2.05, 4.69) is 30.3 Å². The number of hydrogen-bond acceptors (Lipinski definition) is 3. The van der Waals surface area contributed by atoms with Crippen LogP contribution in [0.15, 0.2) is 42.5 Å². The monoisotopic (exact) mass is 330 g/mol. The average molecular weight is 330 g/mol. The molecule has 128 valence electrons. The van der Waals surface area contributed by atoms with Crippen molar-refractivity contribution in [3.63, 3.8) is 0 Å². The van der Waals surface area contributed by atoms with Crippen molar-refractivity contribution < 1.29 is 24.5 Å². The van der Waals surface area contributed by atoms with Crippen molar-refractivity contribution in [2.24, 2.45) is 0 Å². The zero-order valence-corrected chi connectivity index (χ0v) is 13.6. The summed E-state index contributed by atoms with van der Waals surface area (Å²) in [7, 11) is 0. The Balaban J connectivity index is 1.83. The Bertz CT molecular complexity index is 710. The molecule has 5 heteroatoms. The second-order valence-electron chi connectivity index (χ2n) is 5.95. The summed E-state index contributed by atoms with van der Waals surface area (Å²) < 4.78 is 5.35. The van der Waals surface area contributed by atoms with E-state index in [1.54, 1.807) is 6.92 Å². The summed E-state index contributed by atoms with van der Waals surface area (Å²) in [5.74, 6) is -2.41. The molecule has 0 fully saturated rings. The number of benzene rings is 2. The van der Waals surface area contributed by atoms with E-state index in [1.807, 2.05) is 12.1 Å². The lowest BCUT2D eigenvalue weighted by molar-refractivity contribution is -0.160. The fraction of sp³-hybridized carbons (Fsp3) is 0.368. The Morgan fingerprint density at radius 1 is 1.08 bits per heavy atom. The van der Waals surface area contributed by atoms with E-state index in [4.69, 9.17) is 14.9 Å². The smallest absolute Gasteiger partial charge is 0.333 e. The molecule has 5 nitrogen and oxygen atoms in total. The highest BCUT2D eigenvalue weighted by Crippen LogP contribution is 2.18. The van der Waals surface area contributed by atoms with Gasteiger partial charge in [-0.1, -0.05) is 42.5 Å². The molecule has 0 spiro atoms. The molecule has 2 atom stereocenters. The van der Waals surface area contributed by atoms with Gasteiger partial charge in [0.1, 0.15) is 0 Å². The van der Waals surface area contributed by atoms with Gasteiger partial charge in [0.2, 0.25) is 0 Å². The maximum absolute atomic E-state index is 11.0. The van der Waals surface area contributed by atoms with Crippen LogP contribution in [0, 0.1) is 0 Å². The van der Waals surface area contributed by atoms with E-state index in [9.17, 15) is 9.59 Å². The number of carbonyl (C=O) groups is 2. The summed E-state index contributed by atoms with van der Waals surface area (Å²) >= 11 is 0. The Kier molecular flexibility index (Phi) is 6.32. The molecular weight excluding hydrogens is 308 g/mol. The van der Waals surface area contributed by atoms with E-state index in [0.29, 0.717) is 6.42 Å². The van der Waals surface area contributed by atoms with Crippen LogP contribution in [0.25, 0.3) is 10.8 Å². The van der Waals surface area contributed by atoms with Gasteiger partial charge in [0.05, 0.1) is 12.5 Å². The second-order valence-corrected chi connectivity index (χ2v) is 5.95. The maximum atomic E-state index is 11.0. The maximum Gasteiger partial charge on any atom is 0.333 e. The second kappa shape index (κ2) is 8.45. The number of ether oxygens (including phenoxy) is 1. The number of hydrogen-bond donors (Lipinski definition) is 2. The summed E-state index contributed by atoms with van der Waals surface area (Å²) in [5.41, 5.74) is 1.22. The lowest BCUT2D eigenvalue weighted by Gasteiger charge is -2.18. The van der Waals surface area contributed by atoms with Gasteiger partial charge in [0.25, 0.3) is 0 Å². The van der Waals surface area contributed by atoms with Gasteiger partial charge in [-0.3, -0.25) is 4.79 Å². The van der Waals surface area contributed by atoms with Gasteiger partial charge in [-0.05, 0) is 42.5 Å². The molecule has 2 aromatic rings. The zero-order valence-electron chi connectivity index (χ0n) is 13.6. The zero-order chi connectivity index (χ0) is 17.5. The summed E-state index contributed by atoms with van der Waals surface area (Å²) in [6.45, 7) is 1.78. The van der Waals surface area contributed by atoms with Crippen molar-refractivity contribution >= 4 is 22.7 Å². The molecule has 0 bridgehead atoms. The minimum Gasteiger partial charge on any atom is -0.481 e. The van der Waals surface area contributed by atoms with Crippen LogP contribution >= 0.6 is 0 Å². The molecule has 2 N–H and O–H groups in total. The van der Waals surface area contributed by atoms with Gasteiger partial charge >= 0.3 is 11.9 Å². The van der Waals surface area contributed by atoms with E-state index < -0.39 is 24.5 Å². The molecule has 2 rings (SSSR count). The topological polar surface area (TPSA) is 83.8 Å². The van der Waals surface area contributed by atoms with Crippen molar-refractivity contribution in [2.45, 2.75) is 44.8 Å². The van der Waals surface area contributed by atoms with Gasteiger partial charge in [-0.2, -0.15) is 0 Å². The lowest BCUT2D eigenvalue weighted by atomic mass is 10.0. The van der Waals surface area contributed by atoms with E-state index in [-0.39, 0.29) is 6.10 Å². The molecule has 0 aliphatic heterocycles. The minimum absolute atomic E-state index is 0.300. The van der Waals surface area contributed by atoms with Crippen LogP contribution < -0.4 is 0 Å². The first-order valence-electron chi connectivity index (χ1n) is 8.03. The molecule has 0 saturated carbocycles. The van der Waals surface area contributed by atoms with Crippen LogP contribution in [0.5, 0.6) is 0 Å². The van der Waals surface area contributed by atoms with E-state index in [0.717, 1.165) is 12.8 Å². The van der Waals surface area contributed by atoms with Gasteiger partial charge < -0.3 is 14.9 Å². The fourth-order valence-corrected chi connectivity index (χ4v) is 2.69. The van der Waals surface area contributed by atoms with E-state index in [1.165, 1.54) is 16.3 Å². The summed E-state index contributed by atoms with van der Waals surface area (Å²) in [5, 5.41) is 20.1. The molecule has 2 aromatic carbocycles. The van der Waals surface area contributed by atoms with Crippen molar-refractivity contribution in [1.29, 1.82) is 0 Å². The van der Waals surface area contributed by atoms with Crippen LogP contribution in [0.1, 0.15) is 31.7 Å². The normalized spacial score (nSPS) is 13.5. The Morgan fingerprint density at radius 3 is 2.46 bits per heavy atom. The van der Waals surface area contributed by atoms with Crippen LogP contribution in [-0.4, -0.2) is 34.4 Å². The number of carboxylic acids is 2. The highest BCUT2D eigenvalue weighted by molar-refractivity contribution is 5.83. The van der Waals surface area contributed by atoms with Gasteiger partial charge in [-0.25, -0.2) is 4.79 Å². The summed E-state index contributed by atoms with van der Waals surface area (Å²) in [4.78, 5) is 21.7. The molecular formula is C19H22O5. The largest absolute Gasteiger partial charge is 0.481 e. The van der Waals surface area contributed by atoms with E-state index >= 15 is 0 Å². The third-order valence-corrected chi connectivity index (χ3v) is 3.92. The van der Waals surface area contributed by atoms with Crippen molar-refractivity contribution in [3.8, 4) is 0 Å². The minimum atomic E-state index is -1.29. The Labute approximate surface area is 140 Å². The average Bonchev–Trinajstić information content (AvgIpc) is 2.53.